The zero-order chi connectivity index (χ0) is 21.1. The first-order chi connectivity index (χ1) is 14.5. The smallest absolute Gasteiger partial charge is 0.140 e. The fraction of sp³-hybridized carbons (Fsp3) is 0.545. The minimum absolute atomic E-state index is 0.112. The number of fused-ring (bicyclic) bond motifs is 1. The lowest BCUT2D eigenvalue weighted by molar-refractivity contribution is 0.0738. The second-order valence-electron chi connectivity index (χ2n) is 8.21. The average molecular weight is 416 g/mol. The summed E-state index contributed by atoms with van der Waals surface area (Å²) >= 11 is 0. The standard InChI is InChI=1S/C22H30FN5O2/c1-14(29)25-21(24)19-12-15-2-3-16(23)13-20(15)27-22(19)28-8-4-17(5-9-28)26-18-6-10-30-11-7-18/h2-3,12-14,17-18,26,29H,4-11H2,1H3,(H2,24,25). The lowest BCUT2D eigenvalue weighted by Crippen LogP contribution is -2.48. The minimum atomic E-state index is -0.844. The van der Waals surface area contributed by atoms with Crippen LogP contribution in [-0.4, -0.2) is 60.5 Å². The summed E-state index contributed by atoms with van der Waals surface area (Å²) in [6.45, 7) is 4.85. The van der Waals surface area contributed by atoms with Crippen LogP contribution in [0, 0.1) is 11.2 Å². The molecule has 8 heteroatoms. The van der Waals surface area contributed by atoms with Crippen LogP contribution in [0.15, 0.2) is 24.3 Å². The van der Waals surface area contributed by atoms with Crippen molar-refractivity contribution in [3.05, 3.63) is 35.6 Å². The lowest BCUT2D eigenvalue weighted by Gasteiger charge is -2.37. The van der Waals surface area contributed by atoms with Gasteiger partial charge in [-0.1, -0.05) is 0 Å². The van der Waals surface area contributed by atoms with Gasteiger partial charge in [-0.3, -0.25) is 5.41 Å². The van der Waals surface area contributed by atoms with Gasteiger partial charge >= 0.3 is 0 Å². The zero-order valence-electron chi connectivity index (χ0n) is 17.3. The first-order valence-corrected chi connectivity index (χ1v) is 10.7. The Morgan fingerprint density at radius 1 is 1.20 bits per heavy atom. The first-order valence-electron chi connectivity index (χ1n) is 10.7. The maximum atomic E-state index is 13.8. The van der Waals surface area contributed by atoms with Crippen LogP contribution in [0.5, 0.6) is 0 Å². The third-order valence-corrected chi connectivity index (χ3v) is 5.87. The molecule has 1 aromatic carbocycles. The van der Waals surface area contributed by atoms with Crippen molar-refractivity contribution in [2.24, 2.45) is 0 Å². The molecule has 2 fully saturated rings. The van der Waals surface area contributed by atoms with Crippen LogP contribution < -0.4 is 15.5 Å². The molecule has 2 saturated heterocycles. The Morgan fingerprint density at radius 2 is 1.90 bits per heavy atom. The quantitative estimate of drug-likeness (QED) is 0.340. The summed E-state index contributed by atoms with van der Waals surface area (Å²) in [5.41, 5.74) is 1.19. The van der Waals surface area contributed by atoms with Crippen LogP contribution in [0.3, 0.4) is 0 Å². The summed E-state index contributed by atoms with van der Waals surface area (Å²) in [4.78, 5) is 6.88. The topological polar surface area (TPSA) is 93.5 Å². The molecule has 4 N–H and O–H groups in total. The van der Waals surface area contributed by atoms with Gasteiger partial charge in [-0.15, -0.1) is 0 Å². The predicted octanol–water partition coefficient (Wildman–Crippen LogP) is 2.36. The Labute approximate surface area is 176 Å². The predicted molar refractivity (Wildman–Crippen MR) is 116 cm³/mol. The second-order valence-corrected chi connectivity index (χ2v) is 8.21. The Kier molecular flexibility index (Phi) is 6.46. The van der Waals surface area contributed by atoms with E-state index in [-0.39, 0.29) is 11.7 Å². The van der Waals surface area contributed by atoms with Crippen molar-refractivity contribution in [1.82, 2.24) is 15.6 Å². The fourth-order valence-electron chi connectivity index (χ4n) is 4.30. The number of piperidine rings is 1. The molecule has 3 heterocycles. The van der Waals surface area contributed by atoms with Crippen LogP contribution in [0.25, 0.3) is 10.9 Å². The number of pyridine rings is 1. The van der Waals surface area contributed by atoms with Gasteiger partial charge in [0, 0.05) is 49.8 Å². The van der Waals surface area contributed by atoms with E-state index in [2.05, 4.69) is 15.5 Å². The molecule has 1 atom stereocenters. The molecule has 162 valence electrons. The van der Waals surface area contributed by atoms with Gasteiger partial charge in [-0.2, -0.15) is 0 Å². The Hall–Kier alpha value is -2.29. The molecule has 0 spiro atoms. The summed E-state index contributed by atoms with van der Waals surface area (Å²) in [7, 11) is 0. The van der Waals surface area contributed by atoms with Crippen LogP contribution in [0.4, 0.5) is 10.2 Å². The maximum Gasteiger partial charge on any atom is 0.140 e. The Balaban J connectivity index is 1.53. The number of ether oxygens (including phenoxy) is 1. The number of hydrogen-bond donors (Lipinski definition) is 4. The van der Waals surface area contributed by atoms with Crippen LogP contribution >= 0.6 is 0 Å². The summed E-state index contributed by atoms with van der Waals surface area (Å²) in [5.74, 6) is 0.446. The van der Waals surface area contributed by atoms with Crippen LogP contribution in [0.1, 0.15) is 38.2 Å². The molecule has 30 heavy (non-hydrogen) atoms. The fourth-order valence-corrected chi connectivity index (χ4v) is 4.30. The number of nitrogens with zero attached hydrogens (tertiary/aromatic N) is 2. The number of halogens is 1. The number of aliphatic hydroxyl groups excluding tert-OH is 1. The summed E-state index contributed by atoms with van der Waals surface area (Å²) in [5, 5.41) is 25.4. The molecule has 2 aromatic rings. The van der Waals surface area contributed by atoms with Crippen molar-refractivity contribution in [3.8, 4) is 0 Å². The zero-order valence-corrected chi connectivity index (χ0v) is 17.3. The number of benzene rings is 1. The molecule has 0 bridgehead atoms. The minimum Gasteiger partial charge on any atom is -0.381 e. The second kappa shape index (κ2) is 9.24. The number of amidine groups is 1. The van der Waals surface area contributed by atoms with Gasteiger partial charge in [0.05, 0.1) is 11.1 Å². The van der Waals surface area contributed by atoms with E-state index in [1.165, 1.54) is 12.1 Å². The number of aliphatic hydroxyl groups is 1. The first kappa shape index (κ1) is 21.0. The average Bonchev–Trinajstić information content (AvgIpc) is 2.73. The van der Waals surface area contributed by atoms with Crippen molar-refractivity contribution in [2.75, 3.05) is 31.2 Å². The van der Waals surface area contributed by atoms with Crippen molar-refractivity contribution >= 4 is 22.6 Å². The number of hydrogen-bond acceptors (Lipinski definition) is 6. The highest BCUT2D eigenvalue weighted by Crippen LogP contribution is 2.27. The molecule has 2 aliphatic heterocycles. The van der Waals surface area contributed by atoms with Crippen LogP contribution in [-0.2, 0) is 4.74 Å². The molecular weight excluding hydrogens is 385 g/mol. The van der Waals surface area contributed by atoms with Gasteiger partial charge < -0.3 is 25.4 Å². The molecule has 2 aliphatic rings. The SMILES string of the molecule is CC(O)NC(=N)c1cc2ccc(F)cc2nc1N1CCC(NC2CCOCC2)CC1. The van der Waals surface area contributed by atoms with Crippen molar-refractivity contribution in [3.63, 3.8) is 0 Å². The van der Waals surface area contributed by atoms with Gasteiger partial charge in [0.2, 0.25) is 0 Å². The molecule has 0 amide bonds. The summed E-state index contributed by atoms with van der Waals surface area (Å²) in [6, 6.07) is 7.32. The highest BCUT2D eigenvalue weighted by molar-refractivity contribution is 6.04. The van der Waals surface area contributed by atoms with Gasteiger partial charge in [0.15, 0.2) is 0 Å². The monoisotopic (exact) mass is 415 g/mol. The van der Waals surface area contributed by atoms with Gasteiger partial charge in [-0.05, 0) is 50.8 Å². The molecule has 4 rings (SSSR count). The van der Waals surface area contributed by atoms with E-state index in [0.717, 1.165) is 57.4 Å². The largest absolute Gasteiger partial charge is 0.381 e. The molecule has 1 unspecified atom stereocenters. The lowest BCUT2D eigenvalue weighted by atomic mass is 10.0. The van der Waals surface area contributed by atoms with Crippen molar-refractivity contribution in [2.45, 2.75) is 50.9 Å². The van der Waals surface area contributed by atoms with Gasteiger partial charge in [0.25, 0.3) is 0 Å². The number of nitrogens with one attached hydrogen (secondary N) is 3. The van der Waals surface area contributed by atoms with Crippen molar-refractivity contribution < 1.29 is 14.2 Å². The molecule has 0 radical (unpaired) electrons. The van der Waals surface area contributed by atoms with Crippen LogP contribution in [0.2, 0.25) is 0 Å². The van der Waals surface area contributed by atoms with Gasteiger partial charge in [-0.25, -0.2) is 9.37 Å². The normalized spacial score (nSPS) is 19.8. The Morgan fingerprint density at radius 3 is 2.60 bits per heavy atom. The van der Waals surface area contributed by atoms with Gasteiger partial charge in [0.1, 0.15) is 23.7 Å². The molecule has 0 saturated carbocycles. The Bertz CT molecular complexity index is 892. The molecule has 7 nitrogen and oxygen atoms in total. The highest BCUT2D eigenvalue weighted by Gasteiger charge is 2.26. The molecule has 0 aliphatic carbocycles. The summed E-state index contributed by atoms with van der Waals surface area (Å²) in [6.07, 6.45) is 3.24. The molecular formula is C22H30FN5O2. The van der Waals surface area contributed by atoms with E-state index < -0.39 is 6.23 Å². The number of rotatable bonds is 5. The third kappa shape index (κ3) is 4.88. The highest BCUT2D eigenvalue weighted by atomic mass is 19.1. The number of anilines is 1. The summed E-state index contributed by atoms with van der Waals surface area (Å²) < 4.78 is 19.2. The van der Waals surface area contributed by atoms with Crippen molar-refractivity contribution in [1.29, 1.82) is 5.41 Å². The van der Waals surface area contributed by atoms with E-state index in [1.807, 2.05) is 6.07 Å². The molecule has 1 aromatic heterocycles. The van der Waals surface area contributed by atoms with E-state index in [0.29, 0.717) is 29.0 Å². The van der Waals surface area contributed by atoms with E-state index >= 15 is 0 Å². The van der Waals surface area contributed by atoms with E-state index in [1.54, 1.807) is 13.0 Å². The van der Waals surface area contributed by atoms with E-state index in [9.17, 15) is 9.50 Å². The number of aromatic nitrogens is 1. The maximum absolute atomic E-state index is 13.8. The third-order valence-electron chi connectivity index (χ3n) is 5.87. The van der Waals surface area contributed by atoms with E-state index in [4.69, 9.17) is 15.1 Å².